The number of benzene rings is 1. The molecule has 1 heterocycles. The molecular formula is C13H11Cl2F2NOS. The smallest absolute Gasteiger partial charge is 0.387 e. The third-order valence-electron chi connectivity index (χ3n) is 2.47. The van der Waals surface area contributed by atoms with Crippen molar-refractivity contribution >= 4 is 40.2 Å². The zero-order valence-electron chi connectivity index (χ0n) is 10.4. The molecule has 0 bridgehead atoms. The molecule has 0 aliphatic carbocycles. The molecule has 0 atom stereocenters. The Morgan fingerprint density at radius 2 is 1.90 bits per heavy atom. The van der Waals surface area contributed by atoms with Crippen molar-refractivity contribution < 1.29 is 13.5 Å². The molecule has 0 aliphatic rings. The van der Waals surface area contributed by atoms with Crippen LogP contribution in [-0.4, -0.2) is 6.61 Å². The summed E-state index contributed by atoms with van der Waals surface area (Å²) in [4.78, 5) is 2.38. The lowest BCUT2D eigenvalue weighted by Gasteiger charge is -2.12. The molecular weight excluding hydrogens is 327 g/mol. The molecule has 2 nitrogen and oxygen atoms in total. The van der Waals surface area contributed by atoms with Gasteiger partial charge in [0.1, 0.15) is 0 Å². The lowest BCUT2D eigenvalue weighted by Crippen LogP contribution is -2.04. The summed E-state index contributed by atoms with van der Waals surface area (Å²) in [5.74, 6) is -0.208. The maximum absolute atomic E-state index is 12.2. The van der Waals surface area contributed by atoms with Crippen LogP contribution >= 0.6 is 34.5 Å². The Morgan fingerprint density at radius 1 is 1.25 bits per heavy atom. The van der Waals surface area contributed by atoms with Gasteiger partial charge in [-0.1, -0.05) is 23.2 Å². The van der Waals surface area contributed by atoms with E-state index in [0.717, 1.165) is 4.88 Å². The van der Waals surface area contributed by atoms with Crippen LogP contribution in [-0.2, 0) is 6.54 Å². The van der Waals surface area contributed by atoms with Crippen molar-refractivity contribution in [1.82, 2.24) is 0 Å². The predicted molar refractivity (Wildman–Crippen MR) is 79.5 cm³/mol. The number of alkyl halides is 2. The highest BCUT2D eigenvalue weighted by atomic mass is 35.5. The molecule has 0 saturated heterocycles. The molecule has 1 aromatic carbocycles. The number of hydrogen-bond donors (Lipinski definition) is 1. The van der Waals surface area contributed by atoms with E-state index in [1.54, 1.807) is 11.3 Å². The summed E-state index contributed by atoms with van der Waals surface area (Å²) >= 11 is 13.4. The van der Waals surface area contributed by atoms with Crippen molar-refractivity contribution in [3.8, 4) is 5.75 Å². The first kappa shape index (κ1) is 15.4. The summed E-state index contributed by atoms with van der Waals surface area (Å²) in [6, 6.07) is 7.06. The number of aryl methyl sites for hydroxylation is 1. The maximum atomic E-state index is 12.2. The number of thiophene rings is 1. The van der Waals surface area contributed by atoms with Gasteiger partial charge in [0.2, 0.25) is 0 Å². The van der Waals surface area contributed by atoms with Crippen molar-refractivity contribution in [1.29, 1.82) is 0 Å². The molecule has 0 spiro atoms. The van der Waals surface area contributed by atoms with Crippen LogP contribution in [0.3, 0.4) is 0 Å². The molecule has 7 heteroatoms. The number of ether oxygens (including phenoxy) is 1. The number of rotatable bonds is 5. The van der Waals surface area contributed by atoms with Crippen LogP contribution in [0.4, 0.5) is 14.5 Å². The lowest BCUT2D eigenvalue weighted by atomic mass is 10.3. The molecule has 2 rings (SSSR count). The highest BCUT2D eigenvalue weighted by Crippen LogP contribution is 2.37. The highest BCUT2D eigenvalue weighted by molar-refractivity contribution is 7.11. The maximum Gasteiger partial charge on any atom is 0.387 e. The molecule has 0 radical (unpaired) electrons. The summed E-state index contributed by atoms with van der Waals surface area (Å²) in [6.45, 7) is -0.323. The minimum atomic E-state index is -2.96. The second-order valence-corrected chi connectivity index (χ2v) is 6.20. The van der Waals surface area contributed by atoms with E-state index in [9.17, 15) is 8.78 Å². The number of nitrogens with one attached hydrogen (secondary N) is 1. The second kappa shape index (κ2) is 6.61. The number of halogens is 4. The standard InChI is InChI=1S/C13H11Cl2F2NOS/c1-7-2-3-9(20-7)6-18-8-4-10(14)12(11(15)5-8)19-13(16)17/h2-5,13,18H,6H2,1H3. The zero-order chi connectivity index (χ0) is 14.7. The predicted octanol–water partition coefficient (Wildman–Crippen LogP) is 5.58. The largest absolute Gasteiger partial charge is 0.432 e. The van der Waals surface area contributed by atoms with Crippen LogP contribution in [0.25, 0.3) is 0 Å². The number of anilines is 1. The van der Waals surface area contributed by atoms with Gasteiger partial charge in [0.15, 0.2) is 5.75 Å². The summed E-state index contributed by atoms with van der Waals surface area (Å²) < 4.78 is 28.7. The van der Waals surface area contributed by atoms with E-state index in [1.807, 2.05) is 19.1 Å². The SMILES string of the molecule is Cc1ccc(CNc2cc(Cl)c(OC(F)F)c(Cl)c2)s1. The summed E-state index contributed by atoms with van der Waals surface area (Å²) in [7, 11) is 0. The second-order valence-electron chi connectivity index (χ2n) is 4.01. The Balaban J connectivity index is 2.09. The molecule has 0 amide bonds. The van der Waals surface area contributed by atoms with E-state index in [0.29, 0.717) is 12.2 Å². The van der Waals surface area contributed by atoms with Crippen LogP contribution in [0.2, 0.25) is 10.0 Å². The van der Waals surface area contributed by atoms with E-state index in [2.05, 4.69) is 10.1 Å². The fraction of sp³-hybridized carbons (Fsp3) is 0.231. The summed E-state index contributed by atoms with van der Waals surface area (Å²) in [5, 5.41) is 3.22. The van der Waals surface area contributed by atoms with Gasteiger partial charge in [0.05, 0.1) is 10.0 Å². The minimum Gasteiger partial charge on any atom is -0.432 e. The van der Waals surface area contributed by atoms with E-state index >= 15 is 0 Å². The monoisotopic (exact) mass is 337 g/mol. The van der Waals surface area contributed by atoms with Crippen molar-refractivity contribution in [2.45, 2.75) is 20.1 Å². The van der Waals surface area contributed by atoms with Crippen LogP contribution in [0.15, 0.2) is 24.3 Å². The van der Waals surface area contributed by atoms with Crippen molar-refractivity contribution in [3.63, 3.8) is 0 Å². The van der Waals surface area contributed by atoms with Crippen LogP contribution in [0, 0.1) is 6.92 Å². The normalized spacial score (nSPS) is 10.9. The fourth-order valence-electron chi connectivity index (χ4n) is 1.63. The van der Waals surface area contributed by atoms with E-state index in [1.165, 1.54) is 17.0 Å². The van der Waals surface area contributed by atoms with E-state index < -0.39 is 6.61 Å². The lowest BCUT2D eigenvalue weighted by molar-refractivity contribution is -0.0497. The Morgan fingerprint density at radius 3 is 2.40 bits per heavy atom. The fourth-order valence-corrected chi connectivity index (χ4v) is 3.04. The van der Waals surface area contributed by atoms with Gasteiger partial charge in [0, 0.05) is 22.0 Å². The third-order valence-corrected chi connectivity index (χ3v) is 4.03. The molecule has 2 aromatic rings. The van der Waals surface area contributed by atoms with Gasteiger partial charge >= 0.3 is 6.61 Å². The molecule has 1 aromatic heterocycles. The van der Waals surface area contributed by atoms with Gasteiger partial charge < -0.3 is 10.1 Å². The average Bonchev–Trinajstić information content (AvgIpc) is 2.77. The first-order valence-electron chi connectivity index (χ1n) is 5.68. The Labute approximate surface area is 129 Å². The van der Waals surface area contributed by atoms with E-state index in [4.69, 9.17) is 23.2 Å². The van der Waals surface area contributed by atoms with Gasteiger partial charge in [0.25, 0.3) is 0 Å². The van der Waals surface area contributed by atoms with Gasteiger partial charge in [-0.25, -0.2) is 0 Å². The minimum absolute atomic E-state index is 0.0441. The Hall–Kier alpha value is -1.04. The molecule has 0 aliphatic heterocycles. The average molecular weight is 338 g/mol. The van der Waals surface area contributed by atoms with Gasteiger partial charge in [-0.3, -0.25) is 0 Å². The first-order valence-corrected chi connectivity index (χ1v) is 7.26. The Kier molecular flexibility index (Phi) is 5.07. The van der Waals surface area contributed by atoms with Gasteiger partial charge in [-0.05, 0) is 31.2 Å². The van der Waals surface area contributed by atoms with Crippen molar-refractivity contribution in [2.24, 2.45) is 0 Å². The molecule has 0 saturated carbocycles. The van der Waals surface area contributed by atoms with Crippen LogP contribution in [0.1, 0.15) is 9.75 Å². The summed E-state index contributed by atoms with van der Waals surface area (Å²) in [5.41, 5.74) is 0.646. The molecule has 1 N–H and O–H groups in total. The van der Waals surface area contributed by atoms with Gasteiger partial charge in [-0.15, -0.1) is 11.3 Å². The van der Waals surface area contributed by atoms with Crippen molar-refractivity contribution in [3.05, 3.63) is 44.1 Å². The highest BCUT2D eigenvalue weighted by Gasteiger charge is 2.14. The molecule has 0 fully saturated rings. The zero-order valence-corrected chi connectivity index (χ0v) is 12.8. The Bertz CT molecular complexity index is 581. The number of hydrogen-bond acceptors (Lipinski definition) is 3. The van der Waals surface area contributed by atoms with Crippen LogP contribution in [0.5, 0.6) is 5.75 Å². The first-order chi connectivity index (χ1) is 9.45. The van der Waals surface area contributed by atoms with Gasteiger partial charge in [-0.2, -0.15) is 8.78 Å². The molecule has 20 heavy (non-hydrogen) atoms. The van der Waals surface area contributed by atoms with Crippen LogP contribution < -0.4 is 10.1 Å². The topological polar surface area (TPSA) is 21.3 Å². The summed E-state index contributed by atoms with van der Waals surface area (Å²) in [6.07, 6.45) is 0. The third kappa shape index (κ3) is 3.98. The quantitative estimate of drug-likeness (QED) is 0.769. The molecule has 108 valence electrons. The van der Waals surface area contributed by atoms with Crippen molar-refractivity contribution in [2.75, 3.05) is 5.32 Å². The van der Waals surface area contributed by atoms with E-state index in [-0.39, 0.29) is 15.8 Å². The molecule has 0 unspecified atom stereocenters.